The molecule has 0 bridgehead atoms. The van der Waals surface area contributed by atoms with Crippen LogP contribution in [0.15, 0.2) is 128 Å². The van der Waals surface area contributed by atoms with E-state index in [1.165, 1.54) is 12.1 Å². The van der Waals surface area contributed by atoms with Gasteiger partial charge in [-0.05, 0) is 74.2 Å². The molecule has 0 aliphatic heterocycles. The van der Waals surface area contributed by atoms with E-state index in [1.54, 1.807) is 50.2 Å². The van der Waals surface area contributed by atoms with Crippen molar-refractivity contribution in [3.8, 4) is 11.4 Å². The van der Waals surface area contributed by atoms with E-state index >= 15 is 0 Å². The van der Waals surface area contributed by atoms with Gasteiger partial charge in [-0.2, -0.15) is 0 Å². The van der Waals surface area contributed by atoms with E-state index < -0.39 is 34.1 Å². The minimum Gasteiger partial charge on any atom is -0.345 e. The molecule has 10 heteroatoms. The van der Waals surface area contributed by atoms with Gasteiger partial charge in [0.1, 0.15) is 0 Å². The van der Waals surface area contributed by atoms with Gasteiger partial charge in [0.05, 0.1) is 56.1 Å². The number of para-hydroxylation sites is 2. The lowest BCUT2D eigenvalue weighted by molar-refractivity contribution is 0.0931. The average Bonchev–Trinajstić information content (AvgIpc) is 3.53. The van der Waals surface area contributed by atoms with Crippen LogP contribution in [0.1, 0.15) is 68.9 Å². The fourth-order valence-electron chi connectivity index (χ4n) is 6.86. The van der Waals surface area contributed by atoms with Crippen LogP contribution >= 0.6 is 0 Å². The summed E-state index contributed by atoms with van der Waals surface area (Å²) in [4.78, 5) is 83.4. The zero-order valence-electron chi connectivity index (χ0n) is 28.9. The number of hydrogen-bond donors (Lipinski definition) is 2. The molecule has 2 atom stereocenters. The summed E-state index contributed by atoms with van der Waals surface area (Å²) in [6.45, 7) is 7.05. The van der Waals surface area contributed by atoms with Gasteiger partial charge in [0.15, 0.2) is 0 Å². The van der Waals surface area contributed by atoms with E-state index in [-0.39, 0.29) is 56.1 Å². The van der Waals surface area contributed by atoms with Crippen molar-refractivity contribution in [3.05, 3.63) is 184 Å². The first kappa shape index (κ1) is 33.8. The number of aryl methyl sites for hydroxylation is 2. The number of carbonyl (C=O) groups is 2. The molecule has 2 aromatic heterocycles. The third kappa shape index (κ3) is 5.64. The molecule has 7 rings (SSSR count). The molecule has 52 heavy (non-hydrogen) atoms. The van der Waals surface area contributed by atoms with Crippen molar-refractivity contribution in [1.82, 2.24) is 19.8 Å². The van der Waals surface area contributed by atoms with Crippen molar-refractivity contribution in [2.75, 3.05) is 0 Å². The fourth-order valence-corrected chi connectivity index (χ4v) is 6.86. The second-order valence-corrected chi connectivity index (χ2v) is 13.0. The highest BCUT2D eigenvalue weighted by atomic mass is 16.2. The van der Waals surface area contributed by atoms with Gasteiger partial charge in [-0.1, -0.05) is 84.9 Å². The van der Waals surface area contributed by atoms with Crippen molar-refractivity contribution in [3.63, 3.8) is 0 Å². The highest BCUT2D eigenvalue weighted by molar-refractivity contribution is 6.02. The van der Waals surface area contributed by atoms with Crippen molar-refractivity contribution in [2.24, 2.45) is 0 Å². The summed E-state index contributed by atoms with van der Waals surface area (Å²) < 4.78 is 1.86. The normalized spacial score (nSPS) is 12.5. The van der Waals surface area contributed by atoms with Crippen LogP contribution in [0.5, 0.6) is 0 Å². The van der Waals surface area contributed by atoms with Gasteiger partial charge in [0.25, 0.3) is 34.1 Å². The smallest absolute Gasteiger partial charge is 0.266 e. The molecule has 0 fully saturated rings. The van der Waals surface area contributed by atoms with E-state index in [9.17, 15) is 28.8 Å². The Hall–Kier alpha value is -6.68. The summed E-state index contributed by atoms with van der Waals surface area (Å²) in [7, 11) is 0. The lowest BCUT2D eigenvalue weighted by atomic mass is 10.0. The molecule has 5 aromatic carbocycles. The summed E-state index contributed by atoms with van der Waals surface area (Å²) >= 11 is 0. The number of amides is 2. The van der Waals surface area contributed by atoms with E-state index in [0.29, 0.717) is 11.1 Å². The van der Waals surface area contributed by atoms with Crippen LogP contribution < -0.4 is 32.9 Å². The maximum Gasteiger partial charge on any atom is 0.266 e. The van der Waals surface area contributed by atoms with Crippen LogP contribution in [0.3, 0.4) is 0 Å². The molecule has 0 aliphatic carbocycles. The number of fused-ring (bicyclic) bond motifs is 2. The SMILES string of the molecule is Cc1cccc(C(=O)N[C@@H](C)c2ccccc2)c1-n1c(=O)c2cc3c(=O)n(-c4c(C)cccc4C(=O)N[C@@H](C)c4ccccc4)c(=O)c3cc2c1=O. The third-order valence-corrected chi connectivity index (χ3v) is 9.60. The van der Waals surface area contributed by atoms with Crippen LogP contribution in [0.25, 0.3) is 32.9 Å². The Morgan fingerprint density at radius 2 is 0.808 bits per heavy atom. The van der Waals surface area contributed by atoms with Crippen LogP contribution in [0.4, 0.5) is 0 Å². The molecule has 0 saturated carbocycles. The summed E-state index contributed by atoms with van der Waals surface area (Å²) in [6.07, 6.45) is 0. The van der Waals surface area contributed by atoms with Gasteiger partial charge < -0.3 is 10.6 Å². The van der Waals surface area contributed by atoms with Crippen LogP contribution in [0.2, 0.25) is 0 Å². The predicted molar refractivity (Wildman–Crippen MR) is 202 cm³/mol. The molecule has 0 aliphatic rings. The van der Waals surface area contributed by atoms with Gasteiger partial charge in [0.2, 0.25) is 0 Å². The summed E-state index contributed by atoms with van der Waals surface area (Å²) in [6, 6.07) is 30.4. The maximum absolute atomic E-state index is 14.0. The molecule has 0 radical (unpaired) electrons. The molecule has 7 aromatic rings. The second kappa shape index (κ2) is 13.2. The number of rotatable bonds is 8. The number of benzene rings is 5. The Morgan fingerprint density at radius 1 is 0.481 bits per heavy atom. The predicted octanol–water partition coefficient (Wildman–Crippen LogP) is 5.49. The summed E-state index contributed by atoms with van der Waals surface area (Å²) in [5.74, 6) is -0.960. The highest BCUT2D eigenvalue weighted by Crippen LogP contribution is 2.24. The lowest BCUT2D eigenvalue weighted by Crippen LogP contribution is -2.31. The summed E-state index contributed by atoms with van der Waals surface area (Å²) in [5, 5.41) is 5.61. The van der Waals surface area contributed by atoms with Gasteiger partial charge in [-0.25, -0.2) is 9.13 Å². The van der Waals surface area contributed by atoms with Crippen molar-refractivity contribution in [2.45, 2.75) is 39.8 Å². The first-order valence-corrected chi connectivity index (χ1v) is 16.8. The molecule has 0 unspecified atom stereocenters. The quantitative estimate of drug-likeness (QED) is 0.217. The second-order valence-electron chi connectivity index (χ2n) is 13.0. The van der Waals surface area contributed by atoms with Crippen molar-refractivity contribution in [1.29, 1.82) is 0 Å². The summed E-state index contributed by atoms with van der Waals surface area (Å²) in [5.41, 5.74) is 0.326. The molecule has 2 amide bonds. The zero-order chi connectivity index (χ0) is 36.8. The molecule has 0 spiro atoms. The lowest BCUT2D eigenvalue weighted by Gasteiger charge is -2.17. The maximum atomic E-state index is 14.0. The van der Waals surface area contributed by atoms with Crippen LogP contribution in [0, 0.1) is 13.8 Å². The number of aromatic nitrogens is 2. The molecule has 10 nitrogen and oxygen atoms in total. The van der Waals surface area contributed by atoms with Gasteiger partial charge in [0, 0.05) is 0 Å². The Kier molecular flexibility index (Phi) is 8.59. The molecule has 2 heterocycles. The monoisotopic (exact) mass is 690 g/mol. The number of carbonyl (C=O) groups excluding carboxylic acids is 2. The van der Waals surface area contributed by atoms with Gasteiger partial charge in [-0.3, -0.25) is 28.8 Å². The Bertz CT molecular complexity index is 2490. The van der Waals surface area contributed by atoms with E-state index in [4.69, 9.17) is 0 Å². The average molecular weight is 691 g/mol. The Balaban J connectivity index is 1.33. The first-order valence-electron chi connectivity index (χ1n) is 16.8. The standard InChI is InChI=1S/C42H34N4O6/c1-23-13-11-19-29(37(47)43-25(3)27-15-7-5-8-16-27)35(23)45-39(49)31-21-33-34(22-32(31)40(45)50)42(52)46(41(33)51)36-24(2)14-12-20-30(36)38(48)44-26(4)28-17-9-6-10-18-28/h5-22,25-26H,1-4H3,(H,43,47)(H,44,48)/t25-,26-/m0/s1. The van der Waals surface area contributed by atoms with E-state index in [0.717, 1.165) is 20.3 Å². The Morgan fingerprint density at radius 3 is 1.13 bits per heavy atom. The minimum absolute atomic E-state index is 0.0709. The zero-order valence-corrected chi connectivity index (χ0v) is 28.9. The molecule has 0 saturated heterocycles. The highest BCUT2D eigenvalue weighted by Gasteiger charge is 2.27. The van der Waals surface area contributed by atoms with Gasteiger partial charge >= 0.3 is 0 Å². The van der Waals surface area contributed by atoms with E-state index in [2.05, 4.69) is 10.6 Å². The fraction of sp³-hybridized carbons (Fsp3) is 0.143. The number of nitrogens with zero attached hydrogens (tertiary/aromatic N) is 2. The van der Waals surface area contributed by atoms with Crippen molar-refractivity contribution >= 4 is 33.4 Å². The Labute approximate surface area is 297 Å². The van der Waals surface area contributed by atoms with Crippen LogP contribution in [-0.4, -0.2) is 20.9 Å². The van der Waals surface area contributed by atoms with Crippen molar-refractivity contribution < 1.29 is 9.59 Å². The van der Waals surface area contributed by atoms with E-state index in [1.807, 2.05) is 74.5 Å². The number of nitrogens with one attached hydrogen (secondary N) is 2. The molecular formula is C42H34N4O6. The van der Waals surface area contributed by atoms with Crippen LogP contribution in [-0.2, 0) is 0 Å². The molecular weight excluding hydrogens is 656 g/mol. The topological polar surface area (TPSA) is 136 Å². The third-order valence-electron chi connectivity index (χ3n) is 9.60. The molecule has 2 N–H and O–H groups in total. The number of hydrogen-bond acceptors (Lipinski definition) is 6. The minimum atomic E-state index is -0.730. The molecule has 258 valence electrons. The van der Waals surface area contributed by atoms with Gasteiger partial charge in [-0.15, -0.1) is 0 Å². The largest absolute Gasteiger partial charge is 0.345 e. The first-order chi connectivity index (χ1) is 25.0.